The van der Waals surface area contributed by atoms with E-state index in [0.29, 0.717) is 11.7 Å². The minimum atomic E-state index is 0.00796. The Hall–Kier alpha value is -3.29. The molecule has 0 aliphatic rings. The monoisotopic (exact) mass is 362 g/mol. The number of hydrogen-bond donors (Lipinski definition) is 1. The zero-order chi connectivity index (χ0) is 19.0. The summed E-state index contributed by atoms with van der Waals surface area (Å²) in [5.74, 6) is 2.67. The van der Waals surface area contributed by atoms with Crippen molar-refractivity contribution in [2.45, 2.75) is 19.9 Å². The highest BCUT2D eigenvalue weighted by Gasteiger charge is 2.22. The van der Waals surface area contributed by atoms with Gasteiger partial charge in [0, 0.05) is 44.4 Å². The Kier molecular flexibility index (Phi) is 4.31. The molecule has 0 radical (unpaired) electrons. The summed E-state index contributed by atoms with van der Waals surface area (Å²) >= 11 is 0. The van der Waals surface area contributed by atoms with Crippen molar-refractivity contribution < 1.29 is 0 Å². The number of aryl methyl sites for hydroxylation is 2. The summed E-state index contributed by atoms with van der Waals surface area (Å²) in [5, 5.41) is 8.83. The van der Waals surface area contributed by atoms with Crippen LogP contribution in [0.4, 0.5) is 5.82 Å². The van der Waals surface area contributed by atoms with Crippen molar-refractivity contribution in [3.63, 3.8) is 0 Å². The summed E-state index contributed by atoms with van der Waals surface area (Å²) in [6.45, 7) is 4.33. The van der Waals surface area contributed by atoms with Crippen LogP contribution in [-0.2, 0) is 14.1 Å². The van der Waals surface area contributed by atoms with Crippen LogP contribution in [0.15, 0.2) is 43.1 Å². The molecule has 8 heteroatoms. The van der Waals surface area contributed by atoms with Crippen molar-refractivity contribution in [3.8, 4) is 11.4 Å². The van der Waals surface area contributed by atoms with Crippen LogP contribution in [0, 0.1) is 5.92 Å². The third-order valence-corrected chi connectivity index (χ3v) is 4.63. The normalized spacial score (nSPS) is 12.6. The zero-order valence-electron chi connectivity index (χ0n) is 15.8. The van der Waals surface area contributed by atoms with E-state index in [0.717, 1.165) is 28.2 Å². The highest BCUT2D eigenvalue weighted by Crippen LogP contribution is 2.30. The summed E-state index contributed by atoms with van der Waals surface area (Å²) in [7, 11) is 3.88. The van der Waals surface area contributed by atoms with Crippen LogP contribution in [0.3, 0.4) is 0 Å². The molecular formula is C19H22N8. The minimum Gasteiger partial charge on any atom is -0.359 e. The number of hydrogen-bond acceptors (Lipinski definition) is 6. The number of imidazole rings is 1. The average molecular weight is 362 g/mol. The van der Waals surface area contributed by atoms with E-state index in [-0.39, 0.29) is 6.04 Å². The number of rotatable bonds is 5. The summed E-state index contributed by atoms with van der Waals surface area (Å²) in [4.78, 5) is 18.1. The maximum absolute atomic E-state index is 4.81. The summed E-state index contributed by atoms with van der Waals surface area (Å²) in [6.07, 6.45) is 9.04. The largest absolute Gasteiger partial charge is 0.359 e. The van der Waals surface area contributed by atoms with Crippen LogP contribution < -0.4 is 5.32 Å². The first-order valence-electron chi connectivity index (χ1n) is 8.88. The van der Waals surface area contributed by atoms with E-state index in [9.17, 15) is 0 Å². The maximum atomic E-state index is 4.81. The number of aromatic nitrogens is 7. The van der Waals surface area contributed by atoms with Gasteiger partial charge in [-0.1, -0.05) is 13.8 Å². The number of anilines is 1. The zero-order valence-corrected chi connectivity index (χ0v) is 15.8. The fraction of sp³-hybridized carbons (Fsp3) is 0.316. The standard InChI is InChI=1S/C19H22N8/c1-12(2)15(19-21-9-10-26(19)3)23-17-14-11-22-27(4)18(14)25-16(24-17)13-5-7-20-8-6-13/h5-12,15H,1-4H3,(H,23,24,25)/t15-/m0/s1. The van der Waals surface area contributed by atoms with E-state index in [1.165, 1.54) is 0 Å². The summed E-state index contributed by atoms with van der Waals surface area (Å²) < 4.78 is 3.79. The summed E-state index contributed by atoms with van der Waals surface area (Å²) in [6, 6.07) is 3.81. The van der Waals surface area contributed by atoms with Crippen molar-refractivity contribution in [2.24, 2.45) is 20.0 Å². The van der Waals surface area contributed by atoms with Crippen LogP contribution in [-0.4, -0.2) is 34.3 Å². The topological polar surface area (TPSA) is 86.3 Å². The Morgan fingerprint density at radius 2 is 1.81 bits per heavy atom. The van der Waals surface area contributed by atoms with Gasteiger partial charge in [-0.25, -0.2) is 15.0 Å². The van der Waals surface area contributed by atoms with Gasteiger partial charge in [-0.2, -0.15) is 5.10 Å². The second-order valence-electron chi connectivity index (χ2n) is 6.90. The Bertz CT molecular complexity index is 1060. The Morgan fingerprint density at radius 3 is 2.48 bits per heavy atom. The molecule has 0 amide bonds. The molecule has 0 spiro atoms. The molecule has 0 aliphatic heterocycles. The first-order chi connectivity index (χ1) is 13.0. The van der Waals surface area contributed by atoms with Gasteiger partial charge >= 0.3 is 0 Å². The highest BCUT2D eigenvalue weighted by atomic mass is 15.3. The van der Waals surface area contributed by atoms with E-state index in [1.54, 1.807) is 23.3 Å². The molecular weight excluding hydrogens is 340 g/mol. The van der Waals surface area contributed by atoms with Gasteiger partial charge in [-0.3, -0.25) is 9.67 Å². The predicted molar refractivity (Wildman–Crippen MR) is 104 cm³/mol. The molecule has 0 unspecified atom stereocenters. The molecule has 0 fully saturated rings. The van der Waals surface area contributed by atoms with Crippen molar-refractivity contribution >= 4 is 16.9 Å². The fourth-order valence-corrected chi connectivity index (χ4v) is 3.12. The lowest BCUT2D eigenvalue weighted by atomic mass is 10.0. The Balaban J connectivity index is 1.84. The van der Waals surface area contributed by atoms with Crippen molar-refractivity contribution in [3.05, 3.63) is 48.9 Å². The molecule has 0 saturated heterocycles. The smallest absolute Gasteiger partial charge is 0.164 e. The third-order valence-electron chi connectivity index (χ3n) is 4.63. The predicted octanol–water partition coefficient (Wildman–Crippen LogP) is 2.97. The maximum Gasteiger partial charge on any atom is 0.164 e. The van der Waals surface area contributed by atoms with E-state index in [1.807, 2.05) is 43.2 Å². The molecule has 0 aliphatic carbocycles. The van der Waals surface area contributed by atoms with Crippen LogP contribution >= 0.6 is 0 Å². The third kappa shape index (κ3) is 3.14. The van der Waals surface area contributed by atoms with Crippen LogP contribution in [0.1, 0.15) is 25.7 Å². The van der Waals surface area contributed by atoms with Crippen LogP contribution in [0.25, 0.3) is 22.4 Å². The number of pyridine rings is 1. The van der Waals surface area contributed by atoms with Gasteiger partial charge in [0.1, 0.15) is 11.6 Å². The van der Waals surface area contributed by atoms with Crippen molar-refractivity contribution in [2.75, 3.05) is 5.32 Å². The number of nitrogens with zero attached hydrogens (tertiary/aromatic N) is 7. The first-order valence-corrected chi connectivity index (χ1v) is 8.88. The lowest BCUT2D eigenvalue weighted by Gasteiger charge is -2.23. The van der Waals surface area contributed by atoms with Gasteiger partial charge in [0.25, 0.3) is 0 Å². The molecule has 0 saturated carbocycles. The lowest BCUT2D eigenvalue weighted by Crippen LogP contribution is -2.21. The molecule has 27 heavy (non-hydrogen) atoms. The molecule has 4 heterocycles. The van der Waals surface area contributed by atoms with Gasteiger partial charge < -0.3 is 9.88 Å². The molecule has 1 N–H and O–H groups in total. The number of fused-ring (bicyclic) bond motifs is 1. The minimum absolute atomic E-state index is 0.00796. The van der Waals surface area contributed by atoms with Gasteiger partial charge in [-0.15, -0.1) is 0 Å². The first kappa shape index (κ1) is 17.1. The lowest BCUT2D eigenvalue weighted by molar-refractivity contribution is 0.507. The quantitative estimate of drug-likeness (QED) is 0.587. The molecule has 0 bridgehead atoms. The molecule has 4 rings (SSSR count). The van der Waals surface area contributed by atoms with Gasteiger partial charge in [0.15, 0.2) is 11.5 Å². The van der Waals surface area contributed by atoms with E-state index in [4.69, 9.17) is 9.97 Å². The highest BCUT2D eigenvalue weighted by molar-refractivity contribution is 5.88. The van der Waals surface area contributed by atoms with Gasteiger partial charge in [-0.05, 0) is 18.1 Å². The van der Waals surface area contributed by atoms with E-state index in [2.05, 4.69) is 34.2 Å². The molecule has 4 aromatic heterocycles. The second kappa shape index (κ2) is 6.79. The Labute approximate surface area is 157 Å². The van der Waals surface area contributed by atoms with Crippen LogP contribution in [0.5, 0.6) is 0 Å². The molecule has 138 valence electrons. The summed E-state index contributed by atoms with van der Waals surface area (Å²) in [5.41, 5.74) is 1.69. The Morgan fingerprint density at radius 1 is 1.04 bits per heavy atom. The fourth-order valence-electron chi connectivity index (χ4n) is 3.12. The SMILES string of the molecule is CC(C)[C@H](Nc1nc(-c2ccncc2)nc2c1cnn2C)c1nccn1C. The molecule has 1 atom stereocenters. The molecule has 4 aromatic rings. The molecule has 0 aromatic carbocycles. The number of nitrogens with one attached hydrogen (secondary N) is 1. The molecule has 8 nitrogen and oxygen atoms in total. The van der Waals surface area contributed by atoms with Crippen molar-refractivity contribution in [1.82, 2.24) is 34.3 Å². The van der Waals surface area contributed by atoms with Gasteiger partial charge in [0.05, 0.1) is 17.6 Å². The van der Waals surface area contributed by atoms with Crippen molar-refractivity contribution in [1.29, 1.82) is 0 Å². The van der Waals surface area contributed by atoms with Gasteiger partial charge in [0.2, 0.25) is 0 Å². The van der Waals surface area contributed by atoms with Crippen LogP contribution in [0.2, 0.25) is 0 Å². The second-order valence-corrected chi connectivity index (χ2v) is 6.90. The van der Waals surface area contributed by atoms with E-state index >= 15 is 0 Å². The van der Waals surface area contributed by atoms with E-state index < -0.39 is 0 Å². The average Bonchev–Trinajstić information content (AvgIpc) is 3.26.